The third kappa shape index (κ3) is 7.93. The van der Waals surface area contributed by atoms with Crippen molar-refractivity contribution in [3.63, 3.8) is 0 Å². The van der Waals surface area contributed by atoms with Crippen LogP contribution in [-0.2, 0) is 32.0 Å². The van der Waals surface area contributed by atoms with Crippen LogP contribution in [-0.4, -0.2) is 24.4 Å². The zero-order valence-corrected chi connectivity index (χ0v) is 22.9. The molecule has 2 amide bonds. The minimum absolute atomic E-state index is 0.0466. The molecule has 2 N–H and O–H groups in total. The lowest BCUT2D eigenvalue weighted by molar-refractivity contribution is -0.147. The zero-order chi connectivity index (χ0) is 28.3. The number of fused-ring (bicyclic) bond motifs is 1. The molecule has 4 aromatic carbocycles. The maximum Gasteiger partial charge on any atom is 0.306 e. The first-order valence-electron chi connectivity index (χ1n) is 13.6. The summed E-state index contributed by atoms with van der Waals surface area (Å²) in [5.74, 6) is 0.282. The van der Waals surface area contributed by atoms with E-state index in [9.17, 15) is 14.4 Å². The smallest absolute Gasteiger partial charge is 0.306 e. The molecule has 0 aliphatic rings. The molecule has 206 valence electrons. The van der Waals surface area contributed by atoms with Gasteiger partial charge in [-0.3, -0.25) is 14.4 Å². The third-order valence-electron chi connectivity index (χ3n) is 6.51. The van der Waals surface area contributed by atoms with Crippen molar-refractivity contribution in [3.8, 4) is 11.5 Å². The van der Waals surface area contributed by atoms with Crippen molar-refractivity contribution in [2.45, 2.75) is 46.0 Å². The van der Waals surface area contributed by atoms with Crippen LogP contribution in [0.2, 0.25) is 0 Å². The number of amides is 2. The lowest BCUT2D eigenvalue weighted by atomic mass is 10.0. The molecule has 0 unspecified atom stereocenters. The van der Waals surface area contributed by atoms with Gasteiger partial charge in [0, 0.05) is 24.2 Å². The highest BCUT2D eigenvalue weighted by atomic mass is 16.5. The van der Waals surface area contributed by atoms with Crippen LogP contribution in [0.15, 0.2) is 84.9 Å². The molecule has 0 radical (unpaired) electrons. The molecule has 0 saturated heterocycles. The van der Waals surface area contributed by atoms with Crippen molar-refractivity contribution in [2.24, 2.45) is 0 Å². The van der Waals surface area contributed by atoms with Gasteiger partial charge < -0.3 is 20.1 Å². The molecule has 0 bridgehead atoms. The van der Waals surface area contributed by atoms with Crippen molar-refractivity contribution < 1.29 is 23.9 Å². The Morgan fingerprint density at radius 3 is 2.05 bits per heavy atom. The number of carbonyl (C=O) groups is 3. The van der Waals surface area contributed by atoms with E-state index in [1.807, 2.05) is 68.4 Å². The largest absolute Gasteiger partial charge is 0.457 e. The summed E-state index contributed by atoms with van der Waals surface area (Å²) >= 11 is 0. The second-order valence-corrected chi connectivity index (χ2v) is 9.40. The summed E-state index contributed by atoms with van der Waals surface area (Å²) in [6.45, 7) is 3.69. The van der Waals surface area contributed by atoms with E-state index >= 15 is 0 Å². The lowest BCUT2D eigenvalue weighted by Gasteiger charge is -2.14. The van der Waals surface area contributed by atoms with Crippen LogP contribution in [0.4, 0.5) is 11.4 Å². The van der Waals surface area contributed by atoms with E-state index in [1.54, 1.807) is 24.3 Å². The van der Waals surface area contributed by atoms with E-state index in [0.29, 0.717) is 17.9 Å². The maximum atomic E-state index is 12.4. The Kier molecular flexibility index (Phi) is 9.88. The molecule has 0 spiro atoms. The number of ether oxygens (including phenoxy) is 2. The Labute approximate surface area is 234 Å². The van der Waals surface area contributed by atoms with Gasteiger partial charge in [0.05, 0.1) is 0 Å². The van der Waals surface area contributed by atoms with Crippen molar-refractivity contribution in [1.82, 2.24) is 0 Å². The fourth-order valence-corrected chi connectivity index (χ4v) is 4.39. The number of nitrogens with one attached hydrogen (secondary N) is 2. The molecular weight excluding hydrogens is 504 g/mol. The van der Waals surface area contributed by atoms with Crippen LogP contribution in [0.1, 0.15) is 44.2 Å². The highest BCUT2D eigenvalue weighted by Gasteiger charge is 2.13. The molecule has 4 rings (SSSR count). The number of esters is 1. The molecule has 40 heavy (non-hydrogen) atoms. The van der Waals surface area contributed by atoms with Gasteiger partial charge in [0.1, 0.15) is 11.5 Å². The van der Waals surface area contributed by atoms with Gasteiger partial charge in [0.2, 0.25) is 5.91 Å². The molecule has 0 aliphatic carbocycles. The second kappa shape index (κ2) is 13.9. The van der Waals surface area contributed by atoms with Gasteiger partial charge in [-0.05, 0) is 77.6 Å². The molecule has 7 nitrogen and oxygen atoms in total. The van der Waals surface area contributed by atoms with Gasteiger partial charge in [-0.2, -0.15) is 0 Å². The number of hydrogen-bond donors (Lipinski definition) is 2. The van der Waals surface area contributed by atoms with Crippen molar-refractivity contribution in [2.75, 3.05) is 17.2 Å². The Bertz CT molecular complexity index is 1460. The average molecular weight is 539 g/mol. The van der Waals surface area contributed by atoms with Gasteiger partial charge in [-0.15, -0.1) is 0 Å². The minimum Gasteiger partial charge on any atom is -0.457 e. The normalized spacial score (nSPS) is 10.7. The standard InChI is InChI=1S/C33H34N2O5/c1-3-23-11-7-12-24(4-2)33(23)35-31(37)22-39-32(38)14-8-13-30(36)34-27-16-19-28(20-17-27)40-29-18-15-25-9-5-6-10-26(25)21-29/h5-7,9-12,15-21H,3-4,8,13-14,22H2,1-2H3,(H,34,36)(H,35,37). The summed E-state index contributed by atoms with van der Waals surface area (Å²) in [6.07, 6.45) is 2.09. The number of carbonyl (C=O) groups excluding carboxylic acids is 3. The zero-order valence-electron chi connectivity index (χ0n) is 22.9. The summed E-state index contributed by atoms with van der Waals surface area (Å²) < 4.78 is 11.1. The molecule has 0 aliphatic heterocycles. The van der Waals surface area contributed by atoms with Crippen LogP contribution in [0, 0.1) is 0 Å². The van der Waals surface area contributed by atoms with E-state index in [2.05, 4.69) is 16.7 Å². The number of benzene rings is 4. The summed E-state index contributed by atoms with van der Waals surface area (Å²) in [7, 11) is 0. The summed E-state index contributed by atoms with van der Waals surface area (Å²) in [4.78, 5) is 36.8. The maximum absolute atomic E-state index is 12.4. The fourth-order valence-electron chi connectivity index (χ4n) is 4.39. The fraction of sp³-hybridized carbons (Fsp3) is 0.242. The SMILES string of the molecule is CCc1cccc(CC)c1NC(=O)COC(=O)CCCC(=O)Nc1ccc(Oc2ccc3ccccc3c2)cc1. The summed E-state index contributed by atoms with van der Waals surface area (Å²) in [5.41, 5.74) is 3.50. The predicted octanol–water partition coefficient (Wildman–Crippen LogP) is 7.05. The topological polar surface area (TPSA) is 93.7 Å². The van der Waals surface area contributed by atoms with Gasteiger partial charge >= 0.3 is 5.97 Å². The highest BCUT2D eigenvalue weighted by Crippen LogP contribution is 2.27. The van der Waals surface area contributed by atoms with E-state index in [-0.39, 0.29) is 31.3 Å². The quantitative estimate of drug-likeness (QED) is 0.189. The number of rotatable bonds is 12. The van der Waals surface area contributed by atoms with Crippen LogP contribution in [0.5, 0.6) is 11.5 Å². The minimum atomic E-state index is -0.516. The number of anilines is 2. The number of hydrogen-bond acceptors (Lipinski definition) is 5. The van der Waals surface area contributed by atoms with Crippen molar-refractivity contribution in [1.29, 1.82) is 0 Å². The number of para-hydroxylation sites is 1. The molecule has 0 saturated carbocycles. The monoisotopic (exact) mass is 538 g/mol. The molecule has 0 atom stereocenters. The Hall–Kier alpha value is -4.65. The average Bonchev–Trinajstić information content (AvgIpc) is 2.97. The van der Waals surface area contributed by atoms with E-state index in [0.717, 1.165) is 46.2 Å². The second-order valence-electron chi connectivity index (χ2n) is 9.40. The molecule has 7 heteroatoms. The van der Waals surface area contributed by atoms with E-state index in [4.69, 9.17) is 9.47 Å². The van der Waals surface area contributed by atoms with Crippen LogP contribution in [0.25, 0.3) is 10.8 Å². The van der Waals surface area contributed by atoms with Gasteiger partial charge in [-0.1, -0.05) is 62.4 Å². The lowest BCUT2D eigenvalue weighted by Crippen LogP contribution is -2.22. The number of aryl methyl sites for hydroxylation is 2. The Balaban J connectivity index is 1.16. The first kappa shape index (κ1) is 28.4. The van der Waals surface area contributed by atoms with Gasteiger partial charge in [0.15, 0.2) is 6.61 Å². The first-order chi connectivity index (χ1) is 19.4. The molecule has 0 fully saturated rings. The summed E-state index contributed by atoms with van der Waals surface area (Å²) in [6, 6.07) is 27.0. The predicted molar refractivity (Wildman–Crippen MR) is 158 cm³/mol. The first-order valence-corrected chi connectivity index (χ1v) is 13.6. The molecule has 0 heterocycles. The Morgan fingerprint density at radius 1 is 0.675 bits per heavy atom. The third-order valence-corrected chi connectivity index (χ3v) is 6.51. The van der Waals surface area contributed by atoms with Crippen LogP contribution in [0.3, 0.4) is 0 Å². The van der Waals surface area contributed by atoms with E-state index < -0.39 is 5.97 Å². The summed E-state index contributed by atoms with van der Waals surface area (Å²) in [5, 5.41) is 7.93. The van der Waals surface area contributed by atoms with Crippen LogP contribution < -0.4 is 15.4 Å². The highest BCUT2D eigenvalue weighted by molar-refractivity contribution is 5.94. The Morgan fingerprint density at radius 2 is 1.35 bits per heavy atom. The van der Waals surface area contributed by atoms with Gasteiger partial charge in [0.25, 0.3) is 5.91 Å². The van der Waals surface area contributed by atoms with Crippen molar-refractivity contribution >= 4 is 39.9 Å². The van der Waals surface area contributed by atoms with Crippen LogP contribution >= 0.6 is 0 Å². The van der Waals surface area contributed by atoms with E-state index in [1.165, 1.54) is 0 Å². The molecular formula is C33H34N2O5. The molecule has 4 aromatic rings. The van der Waals surface area contributed by atoms with Gasteiger partial charge in [-0.25, -0.2) is 0 Å². The van der Waals surface area contributed by atoms with Crippen molar-refractivity contribution in [3.05, 3.63) is 96.1 Å². The molecule has 0 aromatic heterocycles.